The van der Waals surface area contributed by atoms with Crippen LogP contribution in [0.1, 0.15) is 292 Å². The number of aliphatic hydroxyl groups excluding tert-OH is 1. The number of carbonyl (C=O) groups excluding carboxylic acids is 6. The first kappa shape index (κ1) is 122. The van der Waals surface area contributed by atoms with Crippen molar-refractivity contribution in [3.8, 4) is 29.6 Å². The first-order valence-corrected chi connectivity index (χ1v) is 44.7. The van der Waals surface area contributed by atoms with E-state index < -0.39 is 72.9 Å². The summed E-state index contributed by atoms with van der Waals surface area (Å²) in [5.41, 5.74) is 15.5. The summed E-state index contributed by atoms with van der Waals surface area (Å²) < 4.78 is 61.1. The van der Waals surface area contributed by atoms with Crippen LogP contribution in [0.3, 0.4) is 0 Å². The second-order valence-corrected chi connectivity index (χ2v) is 35.7. The van der Waals surface area contributed by atoms with Crippen molar-refractivity contribution in [1.82, 2.24) is 35.6 Å². The molecule has 4 aromatic heterocycles. The summed E-state index contributed by atoms with van der Waals surface area (Å²) in [5, 5.41) is 58.6. The van der Waals surface area contributed by atoms with Crippen LogP contribution in [0.2, 0.25) is 0 Å². The summed E-state index contributed by atoms with van der Waals surface area (Å²) in [6, 6.07) is 56.8. The summed E-state index contributed by atoms with van der Waals surface area (Å²) in [7, 11) is -2.00. The molecule has 4 heterocycles. The zero-order valence-corrected chi connectivity index (χ0v) is 89.5. The molecule has 0 radical (unpaired) electrons. The van der Waals surface area contributed by atoms with Gasteiger partial charge in [-0.25, -0.2) is 24.0 Å². The molecule has 3 amide bonds. The minimum atomic E-state index is -1.06. The van der Waals surface area contributed by atoms with E-state index >= 15 is 0 Å². The number of hydrogen-bond donors (Lipinski definition) is 4. The van der Waals surface area contributed by atoms with Gasteiger partial charge in [0, 0.05) is 53.5 Å². The average Bonchev–Trinajstić information content (AvgIpc) is 1.80. The van der Waals surface area contributed by atoms with Crippen LogP contribution in [0.5, 0.6) is 0 Å². The molecule has 0 bridgehead atoms. The molecule has 29 nitrogen and oxygen atoms in total. The molecule has 3 fully saturated rings. The number of benzene rings is 5. The normalized spacial score (nSPS) is 12.7. The number of nitriles is 3. The maximum atomic E-state index is 13.0. The van der Waals surface area contributed by atoms with Gasteiger partial charge in [0.25, 0.3) is 6.47 Å². The second kappa shape index (κ2) is 69.1. The van der Waals surface area contributed by atoms with Crippen LogP contribution in [-0.4, -0.2) is 127 Å². The number of rotatable bonds is 14. The maximum Gasteiger partial charge on any atom is 1.00 e. The molecule has 3 aliphatic rings. The standard InChI is InChI=1S/C24H30N6O2.C24H29N3O2.C12H16ClN.C12H14N2O2.C10H18O5.C8H10.C7H6N2.C2H6O.2CH3F.CH2O3.2K.H/c1-24(2,3)32-23(31)30(21-13-10-18(11-14-21)22-26-28-29-27-22)16-20-12-9-19(15-25-20)17-7-5-4-6-8-17;1-24(2,3)29-23(28)27(22-13-9-18(15-25)10-14-22)17-21-12-11-20(16-26-21)19-7-5-4-6-8-19;13-8-12-7-6-11(9-14-12)10-4-2-1-3-5-10;1-12(2,3)16-11(15)14-10-6-4-9(8-13)5-7-10;1-9(2,3)14-7(11)13-8(12)15-10(4,5)6;1-2-8-6-4-3-5-7-8;8-5-6-1-3-7(9)4-2-6;1-2-3;2*1-2;2-1-4-3;;;/h9-15,17H,4-8,16H2,1-3H3,(H,26,27,28,29);9-14,16,19H,4-8,17H2,1-3H3;6-7,9-10H,1-5,8H2;4-7H,1-3H3,(H,14,15);1-6H3;3-7H,2H2,1H3;1-4H,9H2;3H,2H2,1H3;2*1H3;1,3H;;;/q;;;;;;;;;;;2*+1;-1/p-1/i;;;;;;;;2*1D;;;;. The number of alkyl halides is 3. The van der Waals surface area contributed by atoms with Gasteiger partial charge in [-0.1, -0.05) is 113 Å². The molecule has 5 aromatic carbocycles. The zero-order chi connectivity index (χ0) is 102. The number of carbonyl (C=O) groups is 6. The molecule has 728 valence electrons. The van der Waals surface area contributed by atoms with E-state index in [1.807, 2.05) is 115 Å². The molecule has 0 atom stereocenters. The fourth-order valence-corrected chi connectivity index (χ4v) is 13.0. The van der Waals surface area contributed by atoms with Gasteiger partial charge in [-0.05, 0) is 316 Å². The Labute approximate surface area is 896 Å². The van der Waals surface area contributed by atoms with Gasteiger partial charge in [0.1, 0.15) is 28.0 Å². The number of aryl methyl sites for hydroxylation is 1. The van der Waals surface area contributed by atoms with Crippen molar-refractivity contribution in [1.29, 1.82) is 15.8 Å². The van der Waals surface area contributed by atoms with E-state index in [2.05, 4.69) is 112 Å². The number of amides is 3. The number of aromatic nitrogens is 7. The zero-order valence-electron chi connectivity index (χ0n) is 85.5. The Morgan fingerprint density at radius 1 is 0.529 bits per heavy atom. The van der Waals surface area contributed by atoms with E-state index in [1.54, 1.807) is 152 Å². The van der Waals surface area contributed by atoms with Crippen molar-refractivity contribution in [3.63, 3.8) is 0 Å². The van der Waals surface area contributed by atoms with E-state index in [0.717, 1.165) is 35.0 Å². The number of aliphatic hydroxyl groups is 1. The summed E-state index contributed by atoms with van der Waals surface area (Å²) in [4.78, 5) is 87.3. The Kier molecular flexibility index (Phi) is 62.2. The number of H-pyrrole nitrogens is 1. The van der Waals surface area contributed by atoms with E-state index in [-0.39, 0.29) is 117 Å². The van der Waals surface area contributed by atoms with E-state index in [1.165, 1.54) is 119 Å². The van der Waals surface area contributed by atoms with Gasteiger partial charge in [0.05, 0.1) is 88.0 Å². The first-order chi connectivity index (χ1) is 64.5. The number of halogens is 3. The quantitative estimate of drug-likeness (QED) is 0.00904. The van der Waals surface area contributed by atoms with Gasteiger partial charge in [0.15, 0.2) is 0 Å². The van der Waals surface area contributed by atoms with Crippen LogP contribution >= 0.6 is 11.6 Å². The number of nitrogens with zero attached hydrogens (tertiary/aromatic N) is 11. The largest absolute Gasteiger partial charge is 1.00 e. The molecule has 12 rings (SSSR count). The van der Waals surface area contributed by atoms with Crippen molar-refractivity contribution < 1.29 is 188 Å². The molecular weight excluding hydrogens is 1810 g/mol. The summed E-state index contributed by atoms with van der Waals surface area (Å²) in [5.74, 6) is 2.97. The number of hydrogen-bond acceptors (Lipinski definition) is 25. The number of tetrazole rings is 1. The summed E-state index contributed by atoms with van der Waals surface area (Å²) in [6.07, 6.45) is 23.2. The minimum Gasteiger partial charge on any atom is -1.00 e. The van der Waals surface area contributed by atoms with Gasteiger partial charge in [-0.15, -0.1) is 21.8 Å². The van der Waals surface area contributed by atoms with Crippen molar-refractivity contribution in [2.24, 2.45) is 0 Å². The monoisotopic (exact) mass is 1950 g/mol. The topological polar surface area (TPSA) is 419 Å². The van der Waals surface area contributed by atoms with Crippen molar-refractivity contribution in [2.75, 3.05) is 41.8 Å². The molecule has 3 aliphatic carbocycles. The number of nitrogen functional groups attached to an aromatic ring is 1. The molecule has 0 unspecified atom stereocenters. The van der Waals surface area contributed by atoms with Crippen LogP contribution in [0, 0.1) is 34.0 Å². The van der Waals surface area contributed by atoms with Gasteiger partial charge in [-0.3, -0.25) is 43.6 Å². The molecule has 5 N–H and O–H groups in total. The number of pyridine rings is 3. The van der Waals surface area contributed by atoms with Gasteiger partial charge in [-0.2, -0.15) is 21.0 Å². The second-order valence-electron chi connectivity index (χ2n) is 35.4. The van der Waals surface area contributed by atoms with E-state index in [0.29, 0.717) is 76.1 Å². The number of aromatic amines is 1. The summed E-state index contributed by atoms with van der Waals surface area (Å²) >= 11 is 5.70. The molecule has 0 saturated heterocycles. The van der Waals surface area contributed by atoms with Gasteiger partial charge in [0.2, 0.25) is 5.82 Å². The fourth-order valence-electron chi connectivity index (χ4n) is 12.8. The molecule has 3 saturated carbocycles. The molecular formula is C102H137ClF2K2N14O15. The third-order valence-electron chi connectivity index (χ3n) is 18.8. The van der Waals surface area contributed by atoms with Crippen molar-refractivity contribution in [2.45, 2.75) is 285 Å². The Morgan fingerprint density at radius 3 is 1.15 bits per heavy atom. The van der Waals surface area contributed by atoms with E-state index in [9.17, 15) is 32.8 Å². The van der Waals surface area contributed by atoms with Crippen LogP contribution < -0.4 is 129 Å². The van der Waals surface area contributed by atoms with Gasteiger partial charge >= 0.3 is 133 Å². The van der Waals surface area contributed by atoms with Crippen molar-refractivity contribution >= 4 is 71.4 Å². The van der Waals surface area contributed by atoms with Crippen LogP contribution in [-0.2, 0) is 63.5 Å². The first-order valence-electron chi connectivity index (χ1n) is 45.6. The van der Waals surface area contributed by atoms with Crippen LogP contribution in [0.25, 0.3) is 11.4 Å². The Bertz CT molecular complexity index is 4950. The number of ether oxygens (including phenoxy) is 6. The number of nitrogens with two attached hydrogens (primary N) is 1. The van der Waals surface area contributed by atoms with Gasteiger partial charge < -0.3 is 50.8 Å². The average molecular weight is 1950 g/mol. The third kappa shape index (κ3) is 56.2. The van der Waals surface area contributed by atoms with Crippen molar-refractivity contribution in [3.05, 3.63) is 238 Å². The Balaban J connectivity index is 0. The molecule has 136 heavy (non-hydrogen) atoms. The molecule has 0 aliphatic heterocycles. The Morgan fingerprint density at radius 2 is 0.860 bits per heavy atom. The van der Waals surface area contributed by atoms with E-state index in [4.69, 9.17) is 74.7 Å². The third-order valence-corrected chi connectivity index (χ3v) is 19.1. The predicted octanol–water partition coefficient (Wildman–Crippen LogP) is 18.0. The number of nitrogens with one attached hydrogen (secondary N) is 2. The number of anilines is 4. The molecule has 34 heteroatoms. The minimum absolute atomic E-state index is 0. The predicted molar refractivity (Wildman–Crippen MR) is 516 cm³/mol. The molecule has 0 spiro atoms. The fraction of sp³-hybridized carbons (Fsp3) is 0.461. The summed E-state index contributed by atoms with van der Waals surface area (Å²) in [6.45, 7) is 31.1. The maximum absolute atomic E-state index is 13.0. The Hall–Kier alpha value is -9.75. The van der Waals surface area contributed by atoms with Crippen LogP contribution in [0.15, 0.2) is 182 Å². The molecule has 9 aromatic rings. The smallest absolute Gasteiger partial charge is 1.00 e. The SMILES string of the molecule is CC(C)(C)OC(=O)N(Cc1ccc(C2CCCCC2)cn1)c1ccc(-c2nn[nH]n2)cc1.CC(C)(C)OC(=O)N(Cc1ccc(C2CCCCC2)cn1)c1ccc(C#N)cc1.CC(C)(C)OC(=O)Nc1ccc(C#N)cc1.CC(C)(C)OC(=O)OC(=O)OC(C)(C)C.CCO.CCc1ccccc1.ClCc1ccc(C2CCCCC2)cn1.N#Cc1ccc(N)cc1.O=CO[O-].[2H]CF.[2H]CF.[H-].[K+].[K+]. The van der Waals surface area contributed by atoms with Crippen LogP contribution in [0.4, 0.5) is 55.5 Å².